The van der Waals surface area contributed by atoms with Crippen molar-refractivity contribution in [3.05, 3.63) is 33.8 Å². The van der Waals surface area contributed by atoms with Crippen LogP contribution in [0.25, 0.3) is 0 Å². The molecule has 5 heteroatoms. The molecule has 2 N–H and O–H groups in total. The molecule has 0 aromatic heterocycles. The topological polar surface area (TPSA) is 41.1 Å². The van der Waals surface area contributed by atoms with Crippen molar-refractivity contribution in [3.63, 3.8) is 0 Å². The Bertz CT molecular complexity index is 456. The number of amides is 1. The van der Waals surface area contributed by atoms with E-state index in [1.165, 1.54) is 19.3 Å². The fraction of sp³-hybridized carbons (Fsp3) is 0.588. The quantitative estimate of drug-likeness (QED) is 0.762. The lowest BCUT2D eigenvalue weighted by Crippen LogP contribution is -2.32. The predicted molar refractivity (Wildman–Crippen MR) is 95.0 cm³/mol. The molecule has 0 aliphatic heterocycles. The van der Waals surface area contributed by atoms with Gasteiger partial charge in [-0.2, -0.15) is 0 Å². The molecule has 22 heavy (non-hydrogen) atoms. The molecule has 1 amide bonds. The summed E-state index contributed by atoms with van der Waals surface area (Å²) in [5, 5.41) is 6.93. The number of hydrogen-bond acceptors (Lipinski definition) is 2. The molecule has 1 aliphatic rings. The van der Waals surface area contributed by atoms with Crippen molar-refractivity contribution in [2.45, 2.75) is 52.0 Å². The molecule has 1 aromatic rings. The summed E-state index contributed by atoms with van der Waals surface area (Å²) in [6.45, 7) is 6.56. The van der Waals surface area contributed by atoms with Gasteiger partial charge < -0.3 is 10.6 Å². The van der Waals surface area contributed by atoms with Gasteiger partial charge in [-0.15, -0.1) is 0 Å². The summed E-state index contributed by atoms with van der Waals surface area (Å²) in [5.41, 5.74) is 0.459. The third kappa shape index (κ3) is 6.55. The average Bonchev–Trinajstić information content (AvgIpc) is 3.01. The van der Waals surface area contributed by atoms with Gasteiger partial charge in [0, 0.05) is 6.04 Å². The van der Waals surface area contributed by atoms with E-state index in [9.17, 15) is 4.79 Å². The van der Waals surface area contributed by atoms with Crippen LogP contribution in [0, 0.1) is 0 Å². The average molecular weight is 345 g/mol. The van der Waals surface area contributed by atoms with Crippen molar-refractivity contribution < 1.29 is 4.79 Å². The molecule has 0 spiro atoms. The van der Waals surface area contributed by atoms with Crippen LogP contribution in [0.4, 0.5) is 0 Å². The number of benzene rings is 1. The number of carbonyl (C=O) groups excluding carboxylic acids is 1. The largest absolute Gasteiger partial charge is 0.349 e. The fourth-order valence-corrected chi connectivity index (χ4v) is 2.75. The lowest BCUT2D eigenvalue weighted by Gasteiger charge is -2.12. The molecule has 0 radical (unpaired) electrons. The van der Waals surface area contributed by atoms with Gasteiger partial charge in [-0.1, -0.05) is 56.0 Å². The molecule has 3 nitrogen and oxygen atoms in total. The summed E-state index contributed by atoms with van der Waals surface area (Å²) in [6, 6.07) is 5.40. The van der Waals surface area contributed by atoms with Gasteiger partial charge >= 0.3 is 0 Å². The molecule has 0 atom stereocenters. The van der Waals surface area contributed by atoms with Gasteiger partial charge in [-0.25, -0.2) is 0 Å². The smallest absolute Gasteiger partial charge is 0.253 e. The second kappa shape index (κ2) is 10.9. The minimum absolute atomic E-state index is 0.126. The van der Waals surface area contributed by atoms with Crippen LogP contribution < -0.4 is 10.6 Å². The highest BCUT2D eigenvalue weighted by atomic mass is 35.5. The molecule has 1 aliphatic carbocycles. The van der Waals surface area contributed by atoms with Crippen molar-refractivity contribution in [1.82, 2.24) is 10.6 Å². The van der Waals surface area contributed by atoms with Gasteiger partial charge in [0.25, 0.3) is 5.91 Å². The first-order chi connectivity index (χ1) is 10.6. The molecule has 1 saturated carbocycles. The maximum atomic E-state index is 11.9. The molecule has 1 aromatic carbocycles. The van der Waals surface area contributed by atoms with Crippen molar-refractivity contribution in [1.29, 1.82) is 0 Å². The number of rotatable bonds is 5. The Morgan fingerprint density at radius 1 is 1.23 bits per heavy atom. The predicted octanol–water partition coefficient (Wildman–Crippen LogP) is 4.67. The number of halogens is 2. The Labute approximate surface area is 143 Å². The minimum atomic E-state index is -0.126. The van der Waals surface area contributed by atoms with Gasteiger partial charge in [0.05, 0.1) is 15.6 Å². The van der Waals surface area contributed by atoms with Crippen LogP contribution >= 0.6 is 23.2 Å². The number of hydrogen-bond donors (Lipinski definition) is 2. The zero-order chi connectivity index (χ0) is 16.4. The zero-order valence-electron chi connectivity index (χ0n) is 13.4. The van der Waals surface area contributed by atoms with Crippen molar-refractivity contribution >= 4 is 29.1 Å². The molecule has 0 bridgehead atoms. The van der Waals surface area contributed by atoms with E-state index in [0.717, 1.165) is 25.9 Å². The van der Waals surface area contributed by atoms with E-state index in [1.807, 2.05) is 0 Å². The first kappa shape index (κ1) is 19.3. The van der Waals surface area contributed by atoms with Crippen molar-refractivity contribution in [3.8, 4) is 0 Å². The van der Waals surface area contributed by atoms with Gasteiger partial charge in [0.2, 0.25) is 0 Å². The van der Waals surface area contributed by atoms with E-state index in [4.69, 9.17) is 23.2 Å². The van der Waals surface area contributed by atoms with E-state index in [2.05, 4.69) is 24.5 Å². The minimum Gasteiger partial charge on any atom is -0.349 e. The summed E-state index contributed by atoms with van der Waals surface area (Å²) in [4.78, 5) is 11.9. The Hall–Kier alpha value is -0.770. The van der Waals surface area contributed by atoms with Crippen LogP contribution in [-0.4, -0.2) is 25.0 Å². The van der Waals surface area contributed by atoms with Gasteiger partial charge in [-0.3, -0.25) is 4.79 Å². The van der Waals surface area contributed by atoms with Crippen molar-refractivity contribution in [2.24, 2.45) is 0 Å². The fourth-order valence-electron chi connectivity index (χ4n) is 2.37. The summed E-state index contributed by atoms with van der Waals surface area (Å²) in [5.74, 6) is -0.126. The van der Waals surface area contributed by atoms with Crippen LogP contribution in [0.5, 0.6) is 0 Å². The summed E-state index contributed by atoms with van der Waals surface area (Å²) in [7, 11) is 0. The maximum Gasteiger partial charge on any atom is 0.253 e. The number of nitrogens with one attached hydrogen (secondary N) is 2. The molecule has 0 unspecified atom stereocenters. The highest BCUT2D eigenvalue weighted by molar-refractivity contribution is 6.43. The Morgan fingerprint density at radius 2 is 1.91 bits per heavy atom. The van der Waals surface area contributed by atoms with Crippen LogP contribution in [0.3, 0.4) is 0 Å². The van der Waals surface area contributed by atoms with Crippen LogP contribution in [-0.2, 0) is 0 Å². The van der Waals surface area contributed by atoms with Crippen LogP contribution in [0.1, 0.15) is 56.3 Å². The normalized spacial score (nSPS) is 14.4. The zero-order valence-corrected chi connectivity index (χ0v) is 14.9. The monoisotopic (exact) mass is 344 g/mol. The molecule has 2 rings (SSSR count). The van der Waals surface area contributed by atoms with E-state index >= 15 is 0 Å². The Kier molecular flexibility index (Phi) is 9.53. The van der Waals surface area contributed by atoms with E-state index in [0.29, 0.717) is 21.7 Å². The third-order valence-corrected chi connectivity index (χ3v) is 4.38. The van der Waals surface area contributed by atoms with Crippen LogP contribution in [0.15, 0.2) is 18.2 Å². The van der Waals surface area contributed by atoms with E-state index in [1.54, 1.807) is 18.2 Å². The van der Waals surface area contributed by atoms with E-state index in [-0.39, 0.29) is 5.91 Å². The third-order valence-electron chi connectivity index (χ3n) is 3.56. The van der Waals surface area contributed by atoms with Gasteiger partial charge in [0.15, 0.2) is 0 Å². The Balaban J connectivity index is 0.000000346. The first-order valence-corrected chi connectivity index (χ1v) is 8.81. The number of carbonyl (C=O) groups is 1. The highest BCUT2D eigenvalue weighted by Gasteiger charge is 2.19. The maximum absolute atomic E-state index is 11.9. The SMILES string of the molecule is CCCNCC.O=C(NC1CCCC1)c1cccc(Cl)c1Cl. The standard InChI is InChI=1S/C12H13Cl2NO.C5H13N/c13-10-7-3-6-9(11(10)14)12(16)15-8-4-1-2-5-8;1-3-5-6-4-2/h3,6-8H,1-2,4-5H2,(H,15,16);6H,3-5H2,1-2H3. The molecule has 0 heterocycles. The Morgan fingerprint density at radius 3 is 2.45 bits per heavy atom. The second-order valence-electron chi connectivity index (χ2n) is 5.41. The highest BCUT2D eigenvalue weighted by Crippen LogP contribution is 2.26. The van der Waals surface area contributed by atoms with E-state index < -0.39 is 0 Å². The summed E-state index contributed by atoms with van der Waals surface area (Å²) < 4.78 is 0. The lowest BCUT2D eigenvalue weighted by molar-refractivity contribution is 0.0938. The van der Waals surface area contributed by atoms with Gasteiger partial charge in [0.1, 0.15) is 0 Å². The summed E-state index contributed by atoms with van der Waals surface area (Å²) in [6.07, 6.45) is 5.74. The second-order valence-corrected chi connectivity index (χ2v) is 6.19. The first-order valence-electron chi connectivity index (χ1n) is 8.05. The molecular weight excluding hydrogens is 319 g/mol. The summed E-state index contributed by atoms with van der Waals surface area (Å²) >= 11 is 11.8. The van der Waals surface area contributed by atoms with Crippen molar-refractivity contribution in [2.75, 3.05) is 13.1 Å². The lowest BCUT2D eigenvalue weighted by atomic mass is 10.2. The molecule has 124 valence electrons. The molecule has 1 fully saturated rings. The molecule has 0 saturated heterocycles. The van der Waals surface area contributed by atoms with Gasteiger partial charge in [-0.05, 0) is 44.5 Å². The van der Waals surface area contributed by atoms with Crippen LogP contribution in [0.2, 0.25) is 10.0 Å². The molecular formula is C17H26Cl2N2O.